The van der Waals surface area contributed by atoms with Gasteiger partial charge in [0.05, 0.1) is 23.5 Å². The van der Waals surface area contributed by atoms with Crippen LogP contribution < -0.4 is 9.47 Å². The van der Waals surface area contributed by atoms with Crippen molar-refractivity contribution >= 4 is 28.2 Å². The number of allylic oxidation sites excluding steroid dienone is 1. The zero-order valence-corrected chi connectivity index (χ0v) is 29.3. The van der Waals surface area contributed by atoms with Crippen LogP contribution in [0.25, 0.3) is 10.8 Å². The Morgan fingerprint density at radius 1 is 0.939 bits per heavy atom. The van der Waals surface area contributed by atoms with E-state index in [0.29, 0.717) is 19.6 Å². The topological polar surface area (TPSA) is 89.7 Å². The summed E-state index contributed by atoms with van der Waals surface area (Å²) in [6.07, 6.45) is 11.8. The summed E-state index contributed by atoms with van der Waals surface area (Å²) in [7, 11) is 1.61. The lowest BCUT2D eigenvalue weighted by atomic mass is 9.56. The molecule has 0 aromatic heterocycles. The molecule has 7 nitrogen and oxygen atoms in total. The molecule has 1 heterocycles. The van der Waals surface area contributed by atoms with Gasteiger partial charge >= 0.3 is 0 Å². The number of benzene rings is 3. The Labute approximate surface area is 294 Å². The maximum absolute atomic E-state index is 9.80. The van der Waals surface area contributed by atoms with Crippen LogP contribution in [-0.4, -0.2) is 60.5 Å². The van der Waals surface area contributed by atoms with Gasteiger partial charge < -0.3 is 29.3 Å². The van der Waals surface area contributed by atoms with E-state index in [1.54, 1.807) is 31.0 Å². The molecule has 0 radical (unpaired) electrons. The Kier molecular flexibility index (Phi) is 11.8. The molecule has 6 atom stereocenters. The minimum atomic E-state index is -1.03. The van der Waals surface area contributed by atoms with E-state index in [0.717, 1.165) is 71.8 Å². The summed E-state index contributed by atoms with van der Waals surface area (Å²) in [6, 6.07) is 21.1. The van der Waals surface area contributed by atoms with Gasteiger partial charge in [-0.3, -0.25) is 0 Å². The Hall–Kier alpha value is -3.56. The Morgan fingerprint density at radius 2 is 1.71 bits per heavy atom. The summed E-state index contributed by atoms with van der Waals surface area (Å²) < 4.78 is 20.3. The maximum Gasteiger partial charge on any atom is 0.231 e. The number of oxime groups is 1. The van der Waals surface area contributed by atoms with E-state index in [1.165, 1.54) is 10.8 Å². The highest BCUT2D eigenvalue weighted by molar-refractivity contribution is 8.00. The van der Waals surface area contributed by atoms with Gasteiger partial charge in [0.2, 0.25) is 5.79 Å². The minimum absolute atomic E-state index is 0.0146. The molecule has 49 heavy (non-hydrogen) atoms. The molecule has 0 bridgehead atoms. The van der Waals surface area contributed by atoms with Crippen LogP contribution in [0.15, 0.2) is 108 Å². The van der Waals surface area contributed by atoms with Gasteiger partial charge in [0.1, 0.15) is 25.2 Å². The minimum Gasteiger partial charge on any atom is -0.490 e. The molecule has 1 saturated carbocycles. The van der Waals surface area contributed by atoms with Crippen molar-refractivity contribution in [2.75, 3.05) is 33.5 Å². The first-order valence-electron chi connectivity index (χ1n) is 17.6. The molecule has 3 aliphatic rings. The lowest BCUT2D eigenvalue weighted by Crippen LogP contribution is -2.64. The third-order valence-electron chi connectivity index (χ3n) is 10.2. The summed E-state index contributed by atoms with van der Waals surface area (Å²) in [5, 5.41) is 26.4. The number of unbranched alkanes of at least 4 members (excludes halogenated alkanes) is 2. The van der Waals surface area contributed by atoms with Crippen molar-refractivity contribution in [3.8, 4) is 11.5 Å². The fourth-order valence-corrected chi connectivity index (χ4v) is 9.52. The zero-order chi connectivity index (χ0) is 34.2. The summed E-state index contributed by atoms with van der Waals surface area (Å²) in [4.78, 5) is 6.68. The Bertz CT molecular complexity index is 1670. The normalized spacial score (nSPS) is 26.3. The SMILES string of the molecule is C=CCOc1ccc2c(c1)C1C(CCCCO)C(CCCCO)C=C3C(=NOC)CC(Sc4ccc5ccccc5c4)C(OCC=C)(O2)C31. The lowest BCUT2D eigenvalue weighted by Gasteiger charge is -2.58. The third-order valence-corrected chi connectivity index (χ3v) is 11.5. The van der Waals surface area contributed by atoms with Gasteiger partial charge in [-0.1, -0.05) is 73.1 Å². The second-order valence-corrected chi connectivity index (χ2v) is 14.4. The van der Waals surface area contributed by atoms with Crippen molar-refractivity contribution in [2.45, 2.75) is 66.8 Å². The lowest BCUT2D eigenvalue weighted by molar-refractivity contribution is -0.223. The quantitative estimate of drug-likeness (QED) is 0.0839. The van der Waals surface area contributed by atoms with Crippen LogP contribution >= 0.6 is 11.8 Å². The summed E-state index contributed by atoms with van der Waals surface area (Å²) in [5.41, 5.74) is 3.13. The molecule has 6 unspecified atom stereocenters. The van der Waals surface area contributed by atoms with Gasteiger partial charge in [0, 0.05) is 36.0 Å². The van der Waals surface area contributed by atoms with Crippen LogP contribution in [0.3, 0.4) is 0 Å². The molecule has 0 spiro atoms. The highest BCUT2D eigenvalue weighted by Gasteiger charge is 2.64. The van der Waals surface area contributed by atoms with E-state index < -0.39 is 5.79 Å². The van der Waals surface area contributed by atoms with E-state index in [4.69, 9.17) is 19.0 Å². The van der Waals surface area contributed by atoms with Gasteiger partial charge in [-0.15, -0.1) is 18.3 Å². The highest BCUT2D eigenvalue weighted by atomic mass is 32.2. The number of hydrogen-bond acceptors (Lipinski definition) is 8. The van der Waals surface area contributed by atoms with Gasteiger partial charge in [-0.25, -0.2) is 0 Å². The first-order chi connectivity index (χ1) is 24.1. The first kappa shape index (κ1) is 35.3. The summed E-state index contributed by atoms with van der Waals surface area (Å²) >= 11 is 1.77. The van der Waals surface area contributed by atoms with Crippen LogP contribution in [0.2, 0.25) is 0 Å². The highest BCUT2D eigenvalue weighted by Crippen LogP contribution is 2.63. The molecule has 3 aromatic carbocycles. The van der Waals surface area contributed by atoms with E-state index in [9.17, 15) is 10.2 Å². The molecule has 1 aliphatic heterocycles. The smallest absolute Gasteiger partial charge is 0.231 e. The fourth-order valence-electron chi connectivity index (χ4n) is 8.18. The first-order valence-corrected chi connectivity index (χ1v) is 18.5. The van der Waals surface area contributed by atoms with Crippen molar-refractivity contribution in [1.82, 2.24) is 0 Å². The van der Waals surface area contributed by atoms with Gasteiger partial charge in [0.25, 0.3) is 0 Å². The van der Waals surface area contributed by atoms with E-state index in [1.807, 2.05) is 12.1 Å². The zero-order valence-electron chi connectivity index (χ0n) is 28.5. The standard InChI is InChI=1S/C41H49NO6S/c1-4-22-46-31-17-19-37-35(26-31)39-33(15-9-11-21-44)30(14-8-10-20-43)25-34-36(42-45-3)27-38(41(48-37,40(34)39)47-23-5-2)49-32-18-16-28-12-6-7-13-29(28)24-32/h4-7,12-13,16-19,24-26,30,33,38-40,43-44H,1-2,8-11,14-15,20-23,27H2,3H3. The number of rotatable bonds is 17. The van der Waals surface area contributed by atoms with Crippen LogP contribution in [0.4, 0.5) is 0 Å². The number of nitrogens with zero attached hydrogens (tertiary/aromatic N) is 1. The molecule has 2 N–H and O–H groups in total. The molecule has 1 fully saturated rings. The molecule has 3 aromatic rings. The molecule has 260 valence electrons. The number of hydrogen-bond donors (Lipinski definition) is 2. The van der Waals surface area contributed by atoms with Crippen LogP contribution in [0.1, 0.15) is 56.4 Å². The molecular weight excluding hydrogens is 635 g/mol. The molecule has 6 rings (SSSR count). The van der Waals surface area contributed by atoms with Gasteiger partial charge in [-0.05, 0) is 84.2 Å². The largest absolute Gasteiger partial charge is 0.490 e. The average molecular weight is 684 g/mol. The number of aliphatic hydroxyl groups excluding tert-OH is 2. The average Bonchev–Trinajstić information content (AvgIpc) is 3.12. The van der Waals surface area contributed by atoms with Gasteiger partial charge in [0.15, 0.2) is 0 Å². The molecule has 2 aliphatic carbocycles. The molecule has 0 saturated heterocycles. The number of aliphatic hydroxyl groups is 2. The second-order valence-electron chi connectivity index (χ2n) is 13.2. The number of ether oxygens (including phenoxy) is 3. The Balaban J connectivity index is 1.54. The van der Waals surface area contributed by atoms with E-state index in [-0.39, 0.29) is 42.1 Å². The summed E-state index contributed by atoms with van der Waals surface area (Å²) in [5.74, 6) is 0.826. The molecular formula is C41H49NO6S. The van der Waals surface area contributed by atoms with Crippen LogP contribution in [-0.2, 0) is 9.57 Å². The summed E-state index contributed by atoms with van der Waals surface area (Å²) in [6.45, 7) is 8.94. The number of fused-ring (bicyclic) bond motifs is 3. The third kappa shape index (κ3) is 7.34. The van der Waals surface area contributed by atoms with Crippen molar-refractivity contribution in [1.29, 1.82) is 0 Å². The van der Waals surface area contributed by atoms with Crippen molar-refractivity contribution in [2.24, 2.45) is 22.9 Å². The maximum atomic E-state index is 9.80. The monoisotopic (exact) mass is 683 g/mol. The second kappa shape index (κ2) is 16.4. The van der Waals surface area contributed by atoms with Crippen molar-refractivity contribution in [3.05, 3.63) is 103 Å². The van der Waals surface area contributed by atoms with Crippen molar-refractivity contribution in [3.63, 3.8) is 0 Å². The van der Waals surface area contributed by atoms with Crippen molar-refractivity contribution < 1.29 is 29.3 Å². The predicted molar refractivity (Wildman–Crippen MR) is 197 cm³/mol. The van der Waals surface area contributed by atoms with Crippen LogP contribution in [0, 0.1) is 17.8 Å². The predicted octanol–water partition coefficient (Wildman–Crippen LogP) is 8.46. The fraction of sp³-hybridized carbons (Fsp3) is 0.439. The molecule has 0 amide bonds. The number of thioether (sulfide) groups is 1. The van der Waals surface area contributed by atoms with Crippen LogP contribution in [0.5, 0.6) is 11.5 Å². The van der Waals surface area contributed by atoms with Gasteiger partial charge in [-0.2, -0.15) is 0 Å². The Morgan fingerprint density at radius 3 is 2.47 bits per heavy atom. The molecule has 8 heteroatoms. The van der Waals surface area contributed by atoms with E-state index >= 15 is 0 Å². The van der Waals surface area contributed by atoms with E-state index in [2.05, 4.69) is 72.9 Å².